The standard InChI is InChI=1S/C22H30O18/c23-15(9-29-1-11-5-33-19(25)37-11)18(32-4-14-8-36-22(28)40-14)17(24)16(31-3-13-7-35-21(27)39-13)10-30-2-12-6-34-20(26)38-12/h11-18,23-24H,1-10H2. The number of carbonyl (C=O) groups is 4. The summed E-state index contributed by atoms with van der Waals surface area (Å²) in [5.41, 5.74) is 0. The monoisotopic (exact) mass is 582 g/mol. The molecule has 0 bridgehead atoms. The van der Waals surface area contributed by atoms with E-state index in [2.05, 4.69) is 4.74 Å². The molecule has 0 amide bonds. The van der Waals surface area contributed by atoms with Crippen LogP contribution in [0.4, 0.5) is 19.2 Å². The van der Waals surface area contributed by atoms with Gasteiger partial charge in [0.15, 0.2) is 24.4 Å². The maximum absolute atomic E-state index is 11.3. The first-order chi connectivity index (χ1) is 19.3. The Morgan fingerprint density at radius 3 is 1.43 bits per heavy atom. The molecule has 0 aliphatic carbocycles. The van der Waals surface area contributed by atoms with Crippen molar-refractivity contribution in [1.82, 2.24) is 0 Å². The molecular formula is C22H30O18. The second-order valence-electron chi connectivity index (χ2n) is 9.01. The fraction of sp³-hybridized carbons (Fsp3) is 0.818. The SMILES string of the molecule is O=C1OCC(COCC(O)C(OCC2COC(=O)O2)C(O)C(COCC2COC(=O)O2)OCC2COC(=O)O2)O1. The molecule has 40 heavy (non-hydrogen) atoms. The highest BCUT2D eigenvalue weighted by atomic mass is 16.8. The summed E-state index contributed by atoms with van der Waals surface area (Å²) in [6, 6.07) is 0. The molecule has 0 aromatic rings. The van der Waals surface area contributed by atoms with E-state index in [1.54, 1.807) is 0 Å². The van der Waals surface area contributed by atoms with Gasteiger partial charge in [0.05, 0.1) is 39.6 Å². The third-order valence-electron chi connectivity index (χ3n) is 5.85. The molecule has 0 aromatic heterocycles. The van der Waals surface area contributed by atoms with Gasteiger partial charge in [-0.1, -0.05) is 0 Å². The molecule has 4 aliphatic heterocycles. The molecule has 0 saturated carbocycles. The molecule has 226 valence electrons. The van der Waals surface area contributed by atoms with Crippen LogP contribution in [0.2, 0.25) is 0 Å². The van der Waals surface area contributed by atoms with Crippen LogP contribution in [-0.2, 0) is 56.8 Å². The Balaban J connectivity index is 1.36. The van der Waals surface area contributed by atoms with E-state index in [0.717, 1.165) is 0 Å². The van der Waals surface area contributed by atoms with E-state index in [-0.39, 0.29) is 66.1 Å². The quantitative estimate of drug-likeness (QED) is 0.150. The lowest BCUT2D eigenvalue weighted by atomic mass is 10.0. The fourth-order valence-corrected chi connectivity index (χ4v) is 3.86. The van der Waals surface area contributed by atoms with Crippen LogP contribution in [0.3, 0.4) is 0 Å². The van der Waals surface area contributed by atoms with Crippen molar-refractivity contribution in [2.75, 3.05) is 66.1 Å². The zero-order valence-electron chi connectivity index (χ0n) is 21.1. The second-order valence-corrected chi connectivity index (χ2v) is 9.01. The van der Waals surface area contributed by atoms with Crippen LogP contribution < -0.4 is 0 Å². The summed E-state index contributed by atoms with van der Waals surface area (Å²) in [4.78, 5) is 44.7. The van der Waals surface area contributed by atoms with Crippen LogP contribution in [0.15, 0.2) is 0 Å². The largest absolute Gasteiger partial charge is 0.508 e. The first-order valence-electron chi connectivity index (χ1n) is 12.3. The third-order valence-corrected chi connectivity index (χ3v) is 5.85. The number of carbonyl (C=O) groups excluding carboxylic acids is 4. The molecule has 8 atom stereocenters. The molecule has 0 aromatic carbocycles. The molecule has 0 spiro atoms. The first kappa shape index (κ1) is 29.8. The Kier molecular flexibility index (Phi) is 10.8. The highest BCUT2D eigenvalue weighted by Gasteiger charge is 2.38. The smallest absolute Gasteiger partial charge is 0.430 e. The van der Waals surface area contributed by atoms with Crippen molar-refractivity contribution < 1.29 is 86.2 Å². The van der Waals surface area contributed by atoms with Gasteiger partial charge in [-0.3, -0.25) is 0 Å². The fourth-order valence-electron chi connectivity index (χ4n) is 3.86. The van der Waals surface area contributed by atoms with Crippen LogP contribution in [0.5, 0.6) is 0 Å². The van der Waals surface area contributed by atoms with E-state index in [9.17, 15) is 29.4 Å². The minimum Gasteiger partial charge on any atom is -0.430 e. The molecule has 8 unspecified atom stereocenters. The van der Waals surface area contributed by atoms with E-state index < -0.39 is 73.5 Å². The van der Waals surface area contributed by atoms with Crippen molar-refractivity contribution in [1.29, 1.82) is 0 Å². The van der Waals surface area contributed by atoms with Crippen LogP contribution in [0.1, 0.15) is 0 Å². The average molecular weight is 582 g/mol. The van der Waals surface area contributed by atoms with Crippen molar-refractivity contribution in [3.8, 4) is 0 Å². The third kappa shape index (κ3) is 8.93. The van der Waals surface area contributed by atoms with Crippen molar-refractivity contribution in [3.63, 3.8) is 0 Å². The summed E-state index contributed by atoms with van der Waals surface area (Å²) in [6.45, 7) is -1.49. The molecule has 18 heteroatoms. The molecule has 4 fully saturated rings. The minimum absolute atomic E-state index is 0.0193. The maximum atomic E-state index is 11.3. The Labute approximate surface area is 226 Å². The number of hydrogen-bond donors (Lipinski definition) is 2. The maximum Gasteiger partial charge on any atom is 0.508 e. The van der Waals surface area contributed by atoms with Gasteiger partial charge >= 0.3 is 24.6 Å². The molecule has 2 N–H and O–H groups in total. The van der Waals surface area contributed by atoms with Crippen LogP contribution in [0.25, 0.3) is 0 Å². The van der Waals surface area contributed by atoms with E-state index in [1.807, 2.05) is 0 Å². The van der Waals surface area contributed by atoms with E-state index in [4.69, 9.17) is 52.1 Å². The average Bonchev–Trinajstić information content (AvgIpc) is 3.72. The van der Waals surface area contributed by atoms with Gasteiger partial charge in [-0.2, -0.15) is 0 Å². The van der Waals surface area contributed by atoms with Gasteiger partial charge in [0.25, 0.3) is 0 Å². The predicted octanol–water partition coefficient (Wildman–Crippen LogP) is -1.35. The highest BCUT2D eigenvalue weighted by molar-refractivity contribution is 5.62. The van der Waals surface area contributed by atoms with Gasteiger partial charge in [0.2, 0.25) is 0 Å². The Hall–Kier alpha value is -3.16. The Morgan fingerprint density at radius 2 is 1.00 bits per heavy atom. The number of aliphatic hydroxyl groups excluding tert-OH is 2. The lowest BCUT2D eigenvalue weighted by molar-refractivity contribution is -0.180. The van der Waals surface area contributed by atoms with E-state index in [1.165, 1.54) is 0 Å². The summed E-state index contributed by atoms with van der Waals surface area (Å²) in [5.74, 6) is 0. The molecule has 4 rings (SSSR count). The van der Waals surface area contributed by atoms with Gasteiger partial charge in [-0.15, -0.1) is 0 Å². The summed E-state index contributed by atoms with van der Waals surface area (Å²) in [7, 11) is 0. The molecular weight excluding hydrogens is 552 g/mol. The van der Waals surface area contributed by atoms with Crippen LogP contribution in [-0.4, -0.2) is 150 Å². The highest BCUT2D eigenvalue weighted by Crippen LogP contribution is 2.19. The van der Waals surface area contributed by atoms with Crippen LogP contribution >= 0.6 is 0 Å². The number of cyclic esters (lactones) is 8. The summed E-state index contributed by atoms with van der Waals surface area (Å²) < 4.78 is 60.9. The molecule has 4 heterocycles. The summed E-state index contributed by atoms with van der Waals surface area (Å²) in [5, 5.41) is 22.1. The van der Waals surface area contributed by atoms with Crippen molar-refractivity contribution in [2.24, 2.45) is 0 Å². The second kappa shape index (κ2) is 14.5. The van der Waals surface area contributed by atoms with Crippen molar-refractivity contribution in [2.45, 2.75) is 48.8 Å². The zero-order valence-corrected chi connectivity index (χ0v) is 21.1. The number of ether oxygens (including phenoxy) is 12. The number of aliphatic hydroxyl groups is 2. The molecule has 4 aliphatic rings. The molecule has 0 radical (unpaired) electrons. The topological polar surface area (TPSA) is 219 Å². The lowest BCUT2D eigenvalue weighted by Crippen LogP contribution is -2.51. The molecule has 18 nitrogen and oxygen atoms in total. The van der Waals surface area contributed by atoms with Crippen molar-refractivity contribution in [3.05, 3.63) is 0 Å². The van der Waals surface area contributed by atoms with Gasteiger partial charge in [0.1, 0.15) is 50.8 Å². The van der Waals surface area contributed by atoms with Gasteiger partial charge < -0.3 is 67.1 Å². The van der Waals surface area contributed by atoms with Crippen molar-refractivity contribution >= 4 is 24.6 Å². The number of rotatable bonds is 17. The first-order valence-corrected chi connectivity index (χ1v) is 12.3. The lowest BCUT2D eigenvalue weighted by Gasteiger charge is -2.33. The minimum atomic E-state index is -1.58. The van der Waals surface area contributed by atoms with Gasteiger partial charge in [0, 0.05) is 0 Å². The van der Waals surface area contributed by atoms with Crippen LogP contribution in [0, 0.1) is 0 Å². The van der Waals surface area contributed by atoms with Gasteiger partial charge in [-0.05, 0) is 0 Å². The Morgan fingerprint density at radius 1 is 0.600 bits per heavy atom. The van der Waals surface area contributed by atoms with E-state index in [0.29, 0.717) is 0 Å². The summed E-state index contributed by atoms with van der Waals surface area (Å²) in [6.07, 6.45) is -11.9. The molecule has 4 saturated heterocycles. The van der Waals surface area contributed by atoms with E-state index >= 15 is 0 Å². The number of hydrogen-bond acceptors (Lipinski definition) is 18. The Bertz CT molecular complexity index is 882. The normalized spacial score (nSPS) is 28.8. The predicted molar refractivity (Wildman–Crippen MR) is 118 cm³/mol. The summed E-state index contributed by atoms with van der Waals surface area (Å²) >= 11 is 0. The van der Waals surface area contributed by atoms with Gasteiger partial charge in [-0.25, -0.2) is 19.2 Å². The zero-order chi connectivity index (χ0) is 28.5.